The van der Waals surface area contributed by atoms with Crippen LogP contribution in [0.3, 0.4) is 0 Å². The zero-order chi connectivity index (χ0) is 32.7. The summed E-state index contributed by atoms with van der Waals surface area (Å²) in [6, 6.07) is 44.0. The number of hydrogen-bond acceptors (Lipinski definition) is 5. The van der Waals surface area contributed by atoms with Crippen LogP contribution in [0.5, 0.6) is 0 Å². The van der Waals surface area contributed by atoms with Crippen LogP contribution in [-0.2, 0) is 5.41 Å². The number of benzene rings is 6. The number of furan rings is 2. The van der Waals surface area contributed by atoms with Crippen LogP contribution in [0.15, 0.2) is 136 Å². The van der Waals surface area contributed by atoms with Crippen molar-refractivity contribution in [3.05, 3.63) is 139 Å². The number of rotatable bonds is 5. The van der Waals surface area contributed by atoms with Crippen LogP contribution in [0.1, 0.15) is 37.8 Å². The minimum Gasteiger partial charge on any atom is -0.456 e. The molecule has 0 spiro atoms. The van der Waals surface area contributed by atoms with Crippen LogP contribution in [0.4, 0.5) is 0 Å². The van der Waals surface area contributed by atoms with E-state index in [9.17, 15) is 0 Å². The Kier molecular flexibility index (Phi) is 5.98. The molecule has 0 bridgehead atoms. The summed E-state index contributed by atoms with van der Waals surface area (Å²) in [6.07, 6.45) is 1.95. The van der Waals surface area contributed by atoms with Gasteiger partial charge in [0.05, 0.1) is 0 Å². The van der Waals surface area contributed by atoms with Crippen molar-refractivity contribution >= 4 is 43.9 Å². The Morgan fingerprint density at radius 3 is 1.82 bits per heavy atom. The molecule has 1 aliphatic carbocycles. The molecule has 0 amide bonds. The molecule has 1 aliphatic rings. The molecule has 5 heteroatoms. The SMILES string of the molecule is CCC1(CC)c2cc(-c3nc(-c4ccccc4)nc(-c4cccc5oc6ccccc6c45)n3)ccc2-c2c1ccc1oc3ccccc3c21. The highest BCUT2D eigenvalue weighted by atomic mass is 16.3. The number of nitrogens with zero attached hydrogens (tertiary/aromatic N) is 3. The summed E-state index contributed by atoms with van der Waals surface area (Å²) in [5, 5.41) is 4.40. The maximum absolute atomic E-state index is 6.35. The van der Waals surface area contributed by atoms with Gasteiger partial charge in [0, 0.05) is 43.7 Å². The summed E-state index contributed by atoms with van der Waals surface area (Å²) >= 11 is 0. The minimum absolute atomic E-state index is 0.146. The highest BCUT2D eigenvalue weighted by Crippen LogP contribution is 2.56. The summed E-state index contributed by atoms with van der Waals surface area (Å²) < 4.78 is 12.6. The number of aromatic nitrogens is 3. The standard InChI is InChI=1S/C44H31N3O2/c1-3-44(4-2)32-23-24-37-40(30-16-9-11-19-35(30)49-37)39(32)28-22-21-27(25-33(28)44)42-45-41(26-13-6-5-7-14-26)46-43(47-42)31-17-12-20-36-38(31)29-15-8-10-18-34(29)48-36/h5-25H,3-4H2,1-2H3. The van der Waals surface area contributed by atoms with E-state index >= 15 is 0 Å². The molecule has 10 rings (SSSR count). The second-order valence-electron chi connectivity index (χ2n) is 13.0. The molecule has 0 atom stereocenters. The number of para-hydroxylation sites is 2. The Morgan fingerprint density at radius 2 is 1.08 bits per heavy atom. The summed E-state index contributed by atoms with van der Waals surface area (Å²) in [6.45, 7) is 4.61. The van der Waals surface area contributed by atoms with E-state index < -0.39 is 0 Å². The lowest BCUT2D eigenvalue weighted by atomic mass is 9.73. The van der Waals surface area contributed by atoms with Crippen LogP contribution in [0.2, 0.25) is 0 Å². The lowest BCUT2D eigenvalue weighted by Gasteiger charge is -2.29. The molecule has 5 nitrogen and oxygen atoms in total. The largest absolute Gasteiger partial charge is 0.456 e. The first kappa shape index (κ1) is 28.0. The van der Waals surface area contributed by atoms with E-state index in [4.69, 9.17) is 23.8 Å². The van der Waals surface area contributed by atoms with Crippen molar-refractivity contribution in [2.24, 2.45) is 0 Å². The van der Waals surface area contributed by atoms with Gasteiger partial charge in [-0.05, 0) is 65.4 Å². The number of hydrogen-bond donors (Lipinski definition) is 0. The van der Waals surface area contributed by atoms with E-state index in [1.165, 1.54) is 27.6 Å². The molecule has 6 aromatic carbocycles. The van der Waals surface area contributed by atoms with E-state index in [0.717, 1.165) is 68.0 Å². The highest BCUT2D eigenvalue weighted by molar-refractivity contribution is 6.15. The molecule has 0 radical (unpaired) electrons. The van der Waals surface area contributed by atoms with Crippen LogP contribution >= 0.6 is 0 Å². The van der Waals surface area contributed by atoms with Gasteiger partial charge in [0.15, 0.2) is 17.5 Å². The fraction of sp³-hybridized carbons (Fsp3) is 0.114. The fourth-order valence-corrected chi connectivity index (χ4v) is 8.25. The highest BCUT2D eigenvalue weighted by Gasteiger charge is 2.42. The van der Waals surface area contributed by atoms with Gasteiger partial charge in [0.2, 0.25) is 0 Å². The van der Waals surface area contributed by atoms with Crippen LogP contribution < -0.4 is 0 Å². The van der Waals surface area contributed by atoms with E-state index in [1.54, 1.807) is 0 Å². The van der Waals surface area contributed by atoms with Crippen molar-refractivity contribution in [3.63, 3.8) is 0 Å². The average molecular weight is 634 g/mol. The Hall–Kier alpha value is -6.07. The van der Waals surface area contributed by atoms with Crippen molar-refractivity contribution in [1.82, 2.24) is 15.0 Å². The Labute approximate surface area is 282 Å². The monoisotopic (exact) mass is 633 g/mol. The second-order valence-corrected chi connectivity index (χ2v) is 13.0. The molecule has 9 aromatic rings. The van der Waals surface area contributed by atoms with Gasteiger partial charge < -0.3 is 8.83 Å². The predicted octanol–water partition coefficient (Wildman–Crippen LogP) is 11.8. The van der Waals surface area contributed by atoms with E-state index in [-0.39, 0.29) is 5.41 Å². The van der Waals surface area contributed by atoms with E-state index in [2.05, 4.69) is 86.6 Å². The Balaban J connectivity index is 1.22. The third-order valence-electron chi connectivity index (χ3n) is 10.6. The second kappa shape index (κ2) is 10.5. The van der Waals surface area contributed by atoms with Gasteiger partial charge in [-0.15, -0.1) is 0 Å². The third kappa shape index (κ3) is 3.96. The molecule has 49 heavy (non-hydrogen) atoms. The molecule has 0 saturated carbocycles. The quantitative estimate of drug-likeness (QED) is 0.189. The minimum atomic E-state index is -0.146. The molecular formula is C44H31N3O2. The van der Waals surface area contributed by atoms with Crippen molar-refractivity contribution in [2.45, 2.75) is 32.1 Å². The van der Waals surface area contributed by atoms with Gasteiger partial charge in [-0.2, -0.15) is 0 Å². The summed E-state index contributed by atoms with van der Waals surface area (Å²) in [5.74, 6) is 1.90. The lowest BCUT2D eigenvalue weighted by molar-refractivity contribution is 0.490. The van der Waals surface area contributed by atoms with Crippen molar-refractivity contribution in [3.8, 4) is 45.3 Å². The third-order valence-corrected chi connectivity index (χ3v) is 10.6. The van der Waals surface area contributed by atoms with Gasteiger partial charge in [-0.25, -0.2) is 15.0 Å². The average Bonchev–Trinajstić information content (AvgIpc) is 3.82. The predicted molar refractivity (Wildman–Crippen MR) is 197 cm³/mol. The van der Waals surface area contributed by atoms with Gasteiger partial charge in [0.1, 0.15) is 22.3 Å². The maximum Gasteiger partial charge on any atom is 0.164 e. The van der Waals surface area contributed by atoms with Gasteiger partial charge >= 0.3 is 0 Å². The van der Waals surface area contributed by atoms with Crippen molar-refractivity contribution in [2.75, 3.05) is 0 Å². The molecular weight excluding hydrogens is 603 g/mol. The fourth-order valence-electron chi connectivity index (χ4n) is 8.25. The zero-order valence-corrected chi connectivity index (χ0v) is 27.2. The Morgan fingerprint density at radius 1 is 0.469 bits per heavy atom. The van der Waals surface area contributed by atoms with Gasteiger partial charge in [-0.3, -0.25) is 0 Å². The lowest BCUT2D eigenvalue weighted by Crippen LogP contribution is -2.23. The first-order valence-corrected chi connectivity index (χ1v) is 17.0. The molecule has 0 unspecified atom stereocenters. The summed E-state index contributed by atoms with van der Waals surface area (Å²) in [4.78, 5) is 15.4. The van der Waals surface area contributed by atoms with Gasteiger partial charge in [-0.1, -0.05) is 111 Å². The normalized spacial score (nSPS) is 13.4. The summed E-state index contributed by atoms with van der Waals surface area (Å²) in [7, 11) is 0. The molecule has 3 heterocycles. The summed E-state index contributed by atoms with van der Waals surface area (Å²) in [5.41, 5.74) is 11.4. The molecule has 0 aliphatic heterocycles. The van der Waals surface area contributed by atoms with E-state index in [1.807, 2.05) is 54.6 Å². The molecule has 0 N–H and O–H groups in total. The van der Waals surface area contributed by atoms with Crippen LogP contribution in [0.25, 0.3) is 89.2 Å². The number of fused-ring (bicyclic) bond motifs is 10. The van der Waals surface area contributed by atoms with Gasteiger partial charge in [0.25, 0.3) is 0 Å². The van der Waals surface area contributed by atoms with Crippen LogP contribution in [0, 0.1) is 0 Å². The molecule has 0 fully saturated rings. The van der Waals surface area contributed by atoms with Crippen molar-refractivity contribution < 1.29 is 8.83 Å². The molecule has 234 valence electrons. The molecule has 0 saturated heterocycles. The van der Waals surface area contributed by atoms with Crippen molar-refractivity contribution in [1.29, 1.82) is 0 Å². The Bertz CT molecular complexity index is 2750. The maximum atomic E-state index is 6.35. The zero-order valence-electron chi connectivity index (χ0n) is 27.2. The molecule has 3 aromatic heterocycles. The topological polar surface area (TPSA) is 65.0 Å². The first-order chi connectivity index (χ1) is 24.2. The van der Waals surface area contributed by atoms with E-state index in [0.29, 0.717) is 17.5 Å². The van der Waals surface area contributed by atoms with Crippen LogP contribution in [-0.4, -0.2) is 15.0 Å². The first-order valence-electron chi connectivity index (χ1n) is 17.0. The smallest absolute Gasteiger partial charge is 0.164 e.